The number of carbonyl (C=O) groups is 2. The molecule has 2 rings (SSSR count). The first-order valence-electron chi connectivity index (χ1n) is 7.28. The molecule has 0 aliphatic carbocycles. The number of carboxylic acids is 1. The maximum Gasteiger partial charge on any atom is 0.408 e. The maximum atomic E-state index is 11.8. The van der Waals surface area contributed by atoms with E-state index in [0.717, 1.165) is 5.56 Å². The molecule has 0 radical (unpaired) electrons. The molecule has 0 fully saturated rings. The number of alkyl carbamates (subject to hydrolysis) is 1. The summed E-state index contributed by atoms with van der Waals surface area (Å²) in [5, 5.41) is 16.3. The predicted octanol–water partition coefficient (Wildman–Crippen LogP) is 2.53. The first-order chi connectivity index (χ1) is 11.4. The highest BCUT2D eigenvalue weighted by atomic mass is 35.5. The number of benzene rings is 1. The maximum absolute atomic E-state index is 11.8. The Labute approximate surface area is 144 Å². The number of carboxylic acid groups (broad SMARTS) is 1. The smallest absolute Gasteiger partial charge is 0.408 e. The van der Waals surface area contributed by atoms with Crippen LogP contribution in [0.2, 0.25) is 5.02 Å². The van der Waals surface area contributed by atoms with Crippen molar-refractivity contribution in [3.8, 4) is 0 Å². The fourth-order valence-electron chi connectivity index (χ4n) is 2.12. The Morgan fingerprint density at radius 1 is 1.33 bits per heavy atom. The highest BCUT2D eigenvalue weighted by Gasteiger charge is 2.23. The number of aromatic nitrogens is 2. The van der Waals surface area contributed by atoms with Gasteiger partial charge in [0.05, 0.1) is 23.0 Å². The lowest BCUT2D eigenvalue weighted by Gasteiger charge is -2.15. The van der Waals surface area contributed by atoms with E-state index in [-0.39, 0.29) is 13.2 Å². The second-order valence-electron chi connectivity index (χ2n) is 5.26. The number of halogens is 1. The van der Waals surface area contributed by atoms with E-state index in [0.29, 0.717) is 16.4 Å². The summed E-state index contributed by atoms with van der Waals surface area (Å²) in [4.78, 5) is 23.2. The minimum absolute atomic E-state index is 0.0465. The predicted molar refractivity (Wildman–Crippen MR) is 87.9 cm³/mol. The fraction of sp³-hybridized carbons (Fsp3) is 0.312. The third-order valence-corrected chi connectivity index (χ3v) is 4.00. The highest BCUT2D eigenvalue weighted by Crippen LogP contribution is 2.19. The molecule has 1 atom stereocenters. The second kappa shape index (κ2) is 7.83. The third kappa shape index (κ3) is 4.48. The zero-order chi connectivity index (χ0) is 17.7. The number of hydrogen-bond donors (Lipinski definition) is 2. The molecule has 128 valence electrons. The Balaban J connectivity index is 1.96. The van der Waals surface area contributed by atoms with Gasteiger partial charge in [0.2, 0.25) is 0 Å². The molecule has 0 saturated heterocycles. The summed E-state index contributed by atoms with van der Waals surface area (Å²) < 4.78 is 6.49. The fourth-order valence-corrected chi connectivity index (χ4v) is 2.25. The van der Waals surface area contributed by atoms with Crippen LogP contribution in [0.4, 0.5) is 4.79 Å². The Kier molecular flexibility index (Phi) is 5.81. The van der Waals surface area contributed by atoms with E-state index in [2.05, 4.69) is 10.4 Å². The van der Waals surface area contributed by atoms with E-state index in [9.17, 15) is 14.7 Å². The SMILES string of the molecule is Cc1nn(CC(NC(=O)OCc2ccccc2)C(=O)O)c(C)c1Cl. The Bertz CT molecular complexity index is 730. The molecule has 7 nitrogen and oxygen atoms in total. The van der Waals surface area contributed by atoms with Crippen molar-refractivity contribution < 1.29 is 19.4 Å². The van der Waals surface area contributed by atoms with E-state index in [1.54, 1.807) is 26.0 Å². The van der Waals surface area contributed by atoms with E-state index >= 15 is 0 Å². The summed E-state index contributed by atoms with van der Waals surface area (Å²) in [6.07, 6.45) is -0.807. The topological polar surface area (TPSA) is 93.5 Å². The van der Waals surface area contributed by atoms with Crippen LogP contribution in [0.5, 0.6) is 0 Å². The van der Waals surface area contributed by atoms with Gasteiger partial charge in [0.15, 0.2) is 0 Å². The number of ether oxygens (including phenoxy) is 1. The Morgan fingerprint density at radius 2 is 2.00 bits per heavy atom. The van der Waals surface area contributed by atoms with Gasteiger partial charge in [-0.2, -0.15) is 5.10 Å². The van der Waals surface area contributed by atoms with Gasteiger partial charge >= 0.3 is 12.1 Å². The van der Waals surface area contributed by atoms with Crippen molar-refractivity contribution in [2.45, 2.75) is 33.0 Å². The van der Waals surface area contributed by atoms with Crippen LogP contribution in [0, 0.1) is 13.8 Å². The van der Waals surface area contributed by atoms with Gasteiger partial charge in [0.25, 0.3) is 0 Å². The molecule has 0 bridgehead atoms. The molecule has 1 unspecified atom stereocenters. The minimum Gasteiger partial charge on any atom is -0.480 e. The van der Waals surface area contributed by atoms with Gasteiger partial charge < -0.3 is 15.2 Å². The molecule has 1 aromatic heterocycles. The number of amides is 1. The molecule has 1 aromatic carbocycles. The summed E-state index contributed by atoms with van der Waals surface area (Å²) in [5.41, 5.74) is 2.05. The number of carbonyl (C=O) groups excluding carboxylic acids is 1. The number of rotatable bonds is 6. The monoisotopic (exact) mass is 351 g/mol. The lowest BCUT2D eigenvalue weighted by molar-refractivity contribution is -0.139. The molecular weight excluding hydrogens is 334 g/mol. The summed E-state index contributed by atoms with van der Waals surface area (Å²) in [5.74, 6) is -1.18. The van der Waals surface area contributed by atoms with Crippen LogP contribution in [0.25, 0.3) is 0 Å². The number of nitrogens with one attached hydrogen (secondary N) is 1. The zero-order valence-corrected chi connectivity index (χ0v) is 14.1. The van der Waals surface area contributed by atoms with Crippen LogP contribution in [0.15, 0.2) is 30.3 Å². The van der Waals surface area contributed by atoms with Crippen molar-refractivity contribution in [1.82, 2.24) is 15.1 Å². The lowest BCUT2D eigenvalue weighted by atomic mass is 10.2. The third-order valence-electron chi connectivity index (χ3n) is 3.45. The average Bonchev–Trinajstić information content (AvgIpc) is 2.80. The normalized spacial score (nSPS) is 11.8. The highest BCUT2D eigenvalue weighted by molar-refractivity contribution is 6.31. The van der Waals surface area contributed by atoms with Gasteiger partial charge in [-0.15, -0.1) is 0 Å². The van der Waals surface area contributed by atoms with Crippen molar-refractivity contribution in [3.63, 3.8) is 0 Å². The van der Waals surface area contributed by atoms with Crippen LogP contribution >= 0.6 is 11.6 Å². The molecule has 2 N–H and O–H groups in total. The largest absolute Gasteiger partial charge is 0.480 e. The minimum atomic E-state index is -1.18. The van der Waals surface area contributed by atoms with Crippen molar-refractivity contribution in [3.05, 3.63) is 52.3 Å². The van der Waals surface area contributed by atoms with Gasteiger partial charge in [-0.3, -0.25) is 4.68 Å². The van der Waals surface area contributed by atoms with E-state index < -0.39 is 18.1 Å². The van der Waals surface area contributed by atoms with Crippen LogP contribution in [-0.2, 0) is 22.7 Å². The number of aliphatic carboxylic acids is 1. The number of aryl methyl sites for hydroxylation is 1. The molecule has 0 spiro atoms. The van der Waals surface area contributed by atoms with Gasteiger partial charge in [-0.1, -0.05) is 41.9 Å². The molecular formula is C16H18ClN3O4. The van der Waals surface area contributed by atoms with Crippen LogP contribution in [-0.4, -0.2) is 33.0 Å². The average molecular weight is 352 g/mol. The van der Waals surface area contributed by atoms with Crippen LogP contribution in [0.3, 0.4) is 0 Å². The molecule has 1 heterocycles. The van der Waals surface area contributed by atoms with Gasteiger partial charge in [-0.25, -0.2) is 9.59 Å². The van der Waals surface area contributed by atoms with Crippen molar-refractivity contribution >= 4 is 23.7 Å². The molecule has 2 aromatic rings. The van der Waals surface area contributed by atoms with E-state index in [4.69, 9.17) is 16.3 Å². The van der Waals surface area contributed by atoms with Crippen molar-refractivity contribution in [1.29, 1.82) is 0 Å². The lowest BCUT2D eigenvalue weighted by Crippen LogP contribution is -2.44. The van der Waals surface area contributed by atoms with Crippen molar-refractivity contribution in [2.24, 2.45) is 0 Å². The quantitative estimate of drug-likeness (QED) is 0.834. The van der Waals surface area contributed by atoms with Gasteiger partial charge in [0.1, 0.15) is 12.6 Å². The van der Waals surface area contributed by atoms with Crippen LogP contribution < -0.4 is 5.32 Å². The van der Waals surface area contributed by atoms with E-state index in [1.807, 2.05) is 18.2 Å². The first kappa shape index (κ1) is 17.8. The summed E-state index contributed by atoms with van der Waals surface area (Å²) >= 11 is 6.04. The van der Waals surface area contributed by atoms with Gasteiger partial charge in [0, 0.05) is 0 Å². The first-order valence-corrected chi connectivity index (χ1v) is 7.65. The summed E-state index contributed by atoms with van der Waals surface area (Å²) in [7, 11) is 0. The number of nitrogens with zero attached hydrogens (tertiary/aromatic N) is 2. The Morgan fingerprint density at radius 3 is 2.54 bits per heavy atom. The number of hydrogen-bond acceptors (Lipinski definition) is 4. The van der Waals surface area contributed by atoms with Crippen LogP contribution in [0.1, 0.15) is 17.0 Å². The standard InChI is InChI=1S/C16H18ClN3O4/c1-10-14(17)11(2)20(19-10)8-13(15(21)22)18-16(23)24-9-12-6-4-3-5-7-12/h3-7,13H,8-9H2,1-2H3,(H,18,23)(H,21,22). The zero-order valence-electron chi connectivity index (χ0n) is 13.3. The molecule has 24 heavy (non-hydrogen) atoms. The molecule has 0 aliphatic rings. The van der Waals surface area contributed by atoms with Crippen molar-refractivity contribution in [2.75, 3.05) is 0 Å². The summed E-state index contributed by atoms with van der Waals surface area (Å²) in [6, 6.07) is 7.93. The molecule has 0 saturated carbocycles. The molecule has 0 aliphatic heterocycles. The van der Waals surface area contributed by atoms with Gasteiger partial charge in [-0.05, 0) is 19.4 Å². The molecule has 1 amide bonds. The Hall–Kier alpha value is -2.54. The second-order valence-corrected chi connectivity index (χ2v) is 5.64. The summed E-state index contributed by atoms with van der Waals surface area (Å²) in [6.45, 7) is 3.47. The van der Waals surface area contributed by atoms with E-state index in [1.165, 1.54) is 4.68 Å². The molecule has 8 heteroatoms.